The molecule has 188 valence electrons. The van der Waals surface area contributed by atoms with Crippen LogP contribution in [0, 0.1) is 5.41 Å². The van der Waals surface area contributed by atoms with Crippen molar-refractivity contribution in [2.45, 2.75) is 13.3 Å². The number of hydrogen-bond donors (Lipinski definition) is 2. The number of carbonyl (C=O) groups is 3. The standard InChI is InChI=1S/C28H27N5O4/c1-3-37-26(35)17-33(28(36)23-6-4-5-13-31-23)20-11-12-24-21(15-20)22(16-32(24)2)25(34)14-18-7-9-19(10-8-18)27(29)30/h4-13,15-16H,3,14,17H2,1-2H3,(H3,29,30). The van der Waals surface area contributed by atoms with Gasteiger partial charge in [-0.2, -0.15) is 0 Å². The number of Topliss-reactive ketones (excluding diaryl/α,β-unsaturated/α-hetero) is 1. The summed E-state index contributed by atoms with van der Waals surface area (Å²) >= 11 is 0. The Kier molecular flexibility index (Phi) is 7.43. The minimum absolute atomic E-state index is 0.0351. The molecule has 0 aliphatic heterocycles. The molecular formula is C28H27N5O4. The number of amides is 1. The maximum Gasteiger partial charge on any atom is 0.326 e. The lowest BCUT2D eigenvalue weighted by molar-refractivity contribution is -0.141. The average molecular weight is 498 g/mol. The van der Waals surface area contributed by atoms with Crippen LogP contribution in [-0.2, 0) is 23.0 Å². The van der Waals surface area contributed by atoms with Gasteiger partial charge in [0.2, 0.25) is 0 Å². The Morgan fingerprint density at radius 1 is 1.08 bits per heavy atom. The lowest BCUT2D eigenvalue weighted by Gasteiger charge is -2.22. The summed E-state index contributed by atoms with van der Waals surface area (Å²) in [6, 6.07) is 17.2. The van der Waals surface area contributed by atoms with Gasteiger partial charge >= 0.3 is 5.97 Å². The normalized spacial score (nSPS) is 10.8. The second kappa shape index (κ2) is 10.9. The molecule has 0 atom stereocenters. The zero-order chi connectivity index (χ0) is 26.5. The lowest BCUT2D eigenvalue weighted by atomic mass is 10.0. The predicted octanol–water partition coefficient (Wildman–Crippen LogP) is 3.49. The molecule has 9 nitrogen and oxygen atoms in total. The Hall–Kier alpha value is -4.79. The first kappa shape index (κ1) is 25.3. The Labute approximate surface area is 214 Å². The van der Waals surface area contributed by atoms with Crippen LogP contribution in [0.15, 0.2) is 73.1 Å². The first-order valence-corrected chi connectivity index (χ1v) is 11.7. The first-order valence-electron chi connectivity index (χ1n) is 11.7. The molecule has 0 unspecified atom stereocenters. The highest BCUT2D eigenvalue weighted by Crippen LogP contribution is 2.28. The molecular weight excluding hydrogens is 470 g/mol. The number of amidine groups is 1. The van der Waals surface area contributed by atoms with Gasteiger partial charge in [-0.3, -0.25) is 29.7 Å². The summed E-state index contributed by atoms with van der Waals surface area (Å²) in [4.78, 5) is 44.4. The molecule has 9 heteroatoms. The van der Waals surface area contributed by atoms with Crippen LogP contribution in [0.4, 0.5) is 5.69 Å². The number of nitrogens with zero attached hydrogens (tertiary/aromatic N) is 3. The van der Waals surface area contributed by atoms with Crippen LogP contribution < -0.4 is 10.6 Å². The number of anilines is 1. The van der Waals surface area contributed by atoms with E-state index < -0.39 is 11.9 Å². The fraction of sp³-hybridized carbons (Fsp3) is 0.179. The van der Waals surface area contributed by atoms with Gasteiger partial charge in [0.05, 0.1) is 6.61 Å². The fourth-order valence-corrected chi connectivity index (χ4v) is 4.10. The fourth-order valence-electron chi connectivity index (χ4n) is 4.10. The molecule has 0 saturated carbocycles. The quantitative estimate of drug-likeness (QED) is 0.157. The molecule has 0 spiro atoms. The number of fused-ring (bicyclic) bond motifs is 1. The van der Waals surface area contributed by atoms with Gasteiger partial charge in [0.1, 0.15) is 18.1 Å². The number of rotatable bonds is 9. The highest BCUT2D eigenvalue weighted by atomic mass is 16.5. The molecule has 0 aliphatic carbocycles. The summed E-state index contributed by atoms with van der Waals surface area (Å²) in [5.74, 6) is -1.15. The number of hydrogen-bond acceptors (Lipinski definition) is 6. The number of aryl methyl sites for hydroxylation is 1. The van der Waals surface area contributed by atoms with E-state index in [9.17, 15) is 14.4 Å². The summed E-state index contributed by atoms with van der Waals surface area (Å²) in [6.45, 7) is 1.59. The number of esters is 1. The number of ether oxygens (including phenoxy) is 1. The van der Waals surface area contributed by atoms with Crippen LogP contribution in [0.5, 0.6) is 0 Å². The Morgan fingerprint density at radius 2 is 1.84 bits per heavy atom. The Bertz CT molecular complexity index is 1480. The zero-order valence-corrected chi connectivity index (χ0v) is 20.6. The second-order valence-corrected chi connectivity index (χ2v) is 8.48. The first-order chi connectivity index (χ1) is 17.8. The Morgan fingerprint density at radius 3 is 2.49 bits per heavy atom. The lowest BCUT2D eigenvalue weighted by Crippen LogP contribution is -2.37. The van der Waals surface area contributed by atoms with E-state index in [0.717, 1.165) is 11.1 Å². The second-order valence-electron chi connectivity index (χ2n) is 8.48. The van der Waals surface area contributed by atoms with Crippen LogP contribution in [0.3, 0.4) is 0 Å². The molecule has 0 aliphatic rings. The molecule has 0 saturated heterocycles. The van der Waals surface area contributed by atoms with Gasteiger partial charge in [0, 0.05) is 53.6 Å². The van der Waals surface area contributed by atoms with Crippen LogP contribution in [-0.4, -0.2) is 46.2 Å². The minimum Gasteiger partial charge on any atom is -0.465 e. The smallest absolute Gasteiger partial charge is 0.326 e. The largest absolute Gasteiger partial charge is 0.465 e. The van der Waals surface area contributed by atoms with Crippen molar-refractivity contribution in [1.82, 2.24) is 9.55 Å². The van der Waals surface area contributed by atoms with Crippen LogP contribution >= 0.6 is 0 Å². The van der Waals surface area contributed by atoms with E-state index in [1.54, 1.807) is 67.7 Å². The van der Waals surface area contributed by atoms with Crippen molar-refractivity contribution in [1.29, 1.82) is 5.41 Å². The number of nitrogen functional groups attached to an aromatic ring is 1. The van der Waals surface area contributed by atoms with Crippen molar-refractivity contribution in [3.63, 3.8) is 0 Å². The Balaban J connectivity index is 1.70. The summed E-state index contributed by atoms with van der Waals surface area (Å²) in [6.07, 6.45) is 3.42. The number of aromatic nitrogens is 2. The third-order valence-corrected chi connectivity index (χ3v) is 5.94. The van der Waals surface area contributed by atoms with Crippen LogP contribution in [0.1, 0.15) is 38.9 Å². The third kappa shape index (κ3) is 5.56. The molecule has 3 N–H and O–H groups in total. The molecule has 4 rings (SSSR count). The number of nitrogens with two attached hydrogens (primary N) is 1. The van der Waals surface area contributed by atoms with Gasteiger partial charge in [-0.25, -0.2) is 0 Å². The topological polar surface area (TPSA) is 131 Å². The summed E-state index contributed by atoms with van der Waals surface area (Å²) in [7, 11) is 1.84. The average Bonchev–Trinajstić information content (AvgIpc) is 3.23. The highest BCUT2D eigenvalue weighted by Gasteiger charge is 2.24. The molecule has 1 amide bonds. The number of nitrogens with one attached hydrogen (secondary N) is 1. The molecule has 2 aromatic heterocycles. The maximum absolute atomic E-state index is 13.3. The van der Waals surface area contributed by atoms with Crippen molar-refractivity contribution in [2.75, 3.05) is 18.1 Å². The van der Waals surface area contributed by atoms with Gasteiger partial charge in [-0.1, -0.05) is 30.3 Å². The van der Waals surface area contributed by atoms with E-state index in [4.69, 9.17) is 15.9 Å². The predicted molar refractivity (Wildman–Crippen MR) is 141 cm³/mol. The van der Waals surface area contributed by atoms with Gasteiger partial charge in [0.25, 0.3) is 5.91 Å². The zero-order valence-electron chi connectivity index (χ0n) is 20.6. The SMILES string of the molecule is CCOC(=O)CN(C(=O)c1ccccn1)c1ccc2c(c1)c(C(=O)Cc1ccc(C(=N)N)cc1)cn2C. The van der Waals surface area contributed by atoms with Crippen LogP contribution in [0.25, 0.3) is 10.9 Å². The van der Waals surface area contributed by atoms with E-state index in [1.165, 1.54) is 11.1 Å². The molecule has 0 radical (unpaired) electrons. The molecule has 2 heterocycles. The van der Waals surface area contributed by atoms with Gasteiger partial charge in [-0.15, -0.1) is 0 Å². The molecule has 37 heavy (non-hydrogen) atoms. The van der Waals surface area contributed by atoms with Crippen molar-refractivity contribution in [2.24, 2.45) is 12.8 Å². The van der Waals surface area contributed by atoms with Gasteiger partial charge < -0.3 is 15.0 Å². The van der Waals surface area contributed by atoms with Gasteiger partial charge in [0.15, 0.2) is 5.78 Å². The number of benzene rings is 2. The van der Waals surface area contributed by atoms with Crippen molar-refractivity contribution < 1.29 is 19.1 Å². The monoisotopic (exact) mass is 497 g/mol. The third-order valence-electron chi connectivity index (χ3n) is 5.94. The van der Waals surface area contributed by atoms with E-state index >= 15 is 0 Å². The number of ketones is 1. The highest BCUT2D eigenvalue weighted by molar-refractivity contribution is 6.12. The maximum atomic E-state index is 13.3. The summed E-state index contributed by atoms with van der Waals surface area (Å²) < 4.78 is 6.94. The number of carbonyl (C=O) groups excluding carboxylic acids is 3. The van der Waals surface area contributed by atoms with Crippen molar-refractivity contribution in [3.8, 4) is 0 Å². The van der Waals surface area contributed by atoms with Crippen molar-refractivity contribution >= 4 is 40.1 Å². The van der Waals surface area contributed by atoms with E-state index in [0.29, 0.717) is 22.2 Å². The van der Waals surface area contributed by atoms with E-state index in [1.807, 2.05) is 17.7 Å². The molecule has 0 bridgehead atoms. The molecule has 0 fully saturated rings. The summed E-state index contributed by atoms with van der Waals surface area (Å²) in [5, 5.41) is 8.19. The molecule has 4 aromatic rings. The number of pyridine rings is 1. The van der Waals surface area contributed by atoms with E-state index in [-0.39, 0.29) is 36.9 Å². The minimum atomic E-state index is -0.551. The van der Waals surface area contributed by atoms with E-state index in [2.05, 4.69) is 4.98 Å². The van der Waals surface area contributed by atoms with Crippen molar-refractivity contribution in [3.05, 3.63) is 95.4 Å². The summed E-state index contributed by atoms with van der Waals surface area (Å²) in [5.41, 5.74) is 8.83. The van der Waals surface area contributed by atoms with Gasteiger partial charge in [-0.05, 0) is 42.8 Å². The molecule has 2 aromatic carbocycles. The van der Waals surface area contributed by atoms with Crippen LogP contribution in [0.2, 0.25) is 0 Å².